The molecule has 4 nitrogen and oxygen atoms in total. The van der Waals surface area contributed by atoms with Crippen molar-refractivity contribution in [3.8, 4) is 5.75 Å². The van der Waals surface area contributed by atoms with E-state index in [0.717, 1.165) is 12.1 Å². The summed E-state index contributed by atoms with van der Waals surface area (Å²) in [7, 11) is 3.41. The molecule has 1 unspecified atom stereocenters. The highest BCUT2D eigenvalue weighted by Crippen LogP contribution is 2.24. The highest BCUT2D eigenvalue weighted by molar-refractivity contribution is 5.31. The molecular formula is C15H20FN3O. The Labute approximate surface area is 118 Å². The summed E-state index contributed by atoms with van der Waals surface area (Å²) in [5.74, 6) is 0.280. The first-order valence-corrected chi connectivity index (χ1v) is 6.68. The zero-order chi connectivity index (χ0) is 14.5. The molecule has 0 aliphatic rings. The summed E-state index contributed by atoms with van der Waals surface area (Å²) in [5.41, 5.74) is 1.73. The van der Waals surface area contributed by atoms with Crippen LogP contribution in [0, 0.1) is 5.82 Å². The predicted octanol–water partition coefficient (Wildman–Crippen LogP) is 2.46. The summed E-state index contributed by atoms with van der Waals surface area (Å²) < 4.78 is 21.0. The Morgan fingerprint density at radius 3 is 2.80 bits per heavy atom. The Kier molecular flexibility index (Phi) is 4.74. The first-order valence-electron chi connectivity index (χ1n) is 6.68. The van der Waals surface area contributed by atoms with Crippen LogP contribution in [-0.4, -0.2) is 23.4 Å². The lowest BCUT2D eigenvalue weighted by molar-refractivity contribution is 0.409. The number of halogens is 1. The lowest BCUT2D eigenvalue weighted by atomic mass is 10.00. The highest BCUT2D eigenvalue weighted by Gasteiger charge is 2.16. The Bertz CT molecular complexity index is 568. The second kappa shape index (κ2) is 6.52. The molecule has 0 saturated carbocycles. The largest absolute Gasteiger partial charge is 0.497 e. The summed E-state index contributed by atoms with van der Waals surface area (Å²) in [6.07, 6.45) is 4.46. The number of likely N-dealkylation sites (N-methyl/N-ethyl adjacent to an activating group) is 1. The molecule has 2 aromatic rings. The number of rotatable bonds is 6. The number of nitrogens with zero attached hydrogens (tertiary/aromatic N) is 2. The summed E-state index contributed by atoms with van der Waals surface area (Å²) in [4.78, 5) is 0. The van der Waals surface area contributed by atoms with Gasteiger partial charge in [-0.25, -0.2) is 4.39 Å². The number of methoxy groups -OCH3 is 1. The van der Waals surface area contributed by atoms with Gasteiger partial charge in [0, 0.05) is 30.9 Å². The van der Waals surface area contributed by atoms with Gasteiger partial charge in [0.05, 0.1) is 13.3 Å². The van der Waals surface area contributed by atoms with Gasteiger partial charge in [-0.15, -0.1) is 0 Å². The van der Waals surface area contributed by atoms with Crippen molar-refractivity contribution in [2.24, 2.45) is 7.05 Å². The molecule has 0 radical (unpaired) electrons. The molecule has 0 fully saturated rings. The maximum atomic E-state index is 14.2. The summed E-state index contributed by atoms with van der Waals surface area (Å²) >= 11 is 0. The van der Waals surface area contributed by atoms with Crippen molar-refractivity contribution in [1.29, 1.82) is 0 Å². The minimum atomic E-state index is -0.251. The van der Waals surface area contributed by atoms with Gasteiger partial charge < -0.3 is 10.1 Å². The van der Waals surface area contributed by atoms with Crippen LogP contribution in [-0.2, 0) is 13.5 Å². The van der Waals surface area contributed by atoms with Gasteiger partial charge in [-0.2, -0.15) is 5.10 Å². The van der Waals surface area contributed by atoms with Crippen LogP contribution in [0.2, 0.25) is 0 Å². The molecular weight excluding hydrogens is 257 g/mol. The van der Waals surface area contributed by atoms with Crippen molar-refractivity contribution >= 4 is 0 Å². The van der Waals surface area contributed by atoms with Crippen molar-refractivity contribution in [1.82, 2.24) is 15.1 Å². The van der Waals surface area contributed by atoms with Gasteiger partial charge in [-0.1, -0.05) is 13.0 Å². The van der Waals surface area contributed by atoms with Crippen molar-refractivity contribution in [3.05, 3.63) is 47.5 Å². The lowest BCUT2D eigenvalue weighted by Gasteiger charge is -2.18. The van der Waals surface area contributed by atoms with Crippen molar-refractivity contribution < 1.29 is 9.13 Å². The smallest absolute Gasteiger partial charge is 0.131 e. The zero-order valence-corrected chi connectivity index (χ0v) is 12.1. The van der Waals surface area contributed by atoms with Crippen LogP contribution in [0.25, 0.3) is 0 Å². The predicted molar refractivity (Wildman–Crippen MR) is 76.3 cm³/mol. The van der Waals surface area contributed by atoms with Crippen LogP contribution >= 0.6 is 0 Å². The minimum absolute atomic E-state index is 0.0740. The molecule has 5 heteroatoms. The van der Waals surface area contributed by atoms with Crippen molar-refractivity contribution in [2.75, 3.05) is 13.7 Å². The third kappa shape index (κ3) is 3.36. The number of hydrogen-bond acceptors (Lipinski definition) is 3. The molecule has 1 heterocycles. The maximum absolute atomic E-state index is 14.2. The average Bonchev–Trinajstić information content (AvgIpc) is 2.83. The molecule has 0 spiro atoms. The Balaban J connectivity index is 2.23. The summed E-state index contributed by atoms with van der Waals surface area (Å²) in [6, 6.07) is 4.90. The van der Waals surface area contributed by atoms with E-state index in [-0.39, 0.29) is 11.9 Å². The molecule has 0 bridgehead atoms. The van der Waals surface area contributed by atoms with Crippen LogP contribution in [0.3, 0.4) is 0 Å². The van der Waals surface area contributed by atoms with Crippen molar-refractivity contribution in [2.45, 2.75) is 19.4 Å². The lowest BCUT2D eigenvalue weighted by Crippen LogP contribution is -2.23. The molecule has 0 aliphatic heterocycles. The van der Waals surface area contributed by atoms with E-state index in [0.29, 0.717) is 17.7 Å². The molecule has 20 heavy (non-hydrogen) atoms. The molecule has 1 atom stereocenters. The number of benzene rings is 1. The van der Waals surface area contributed by atoms with E-state index in [2.05, 4.69) is 10.4 Å². The number of aromatic nitrogens is 2. The molecule has 108 valence electrons. The van der Waals surface area contributed by atoms with Crippen LogP contribution in [0.5, 0.6) is 5.75 Å². The standard InChI is InChI=1S/C15H20FN3O/c1-4-17-15(7-11-9-18-19(2)10-11)13-6-5-12(20-3)8-14(13)16/h5-6,8-10,15,17H,4,7H2,1-3H3. The zero-order valence-electron chi connectivity index (χ0n) is 12.1. The number of hydrogen-bond donors (Lipinski definition) is 1. The SMILES string of the molecule is CCNC(Cc1cnn(C)c1)c1ccc(OC)cc1F. The molecule has 1 aromatic carbocycles. The van der Waals surface area contributed by atoms with E-state index >= 15 is 0 Å². The normalized spacial score (nSPS) is 12.4. The van der Waals surface area contributed by atoms with Gasteiger partial charge in [-0.3, -0.25) is 4.68 Å². The van der Waals surface area contributed by atoms with E-state index in [1.54, 1.807) is 16.8 Å². The van der Waals surface area contributed by atoms with Crippen LogP contribution < -0.4 is 10.1 Å². The second-order valence-electron chi connectivity index (χ2n) is 4.72. The van der Waals surface area contributed by atoms with Gasteiger partial charge in [0.2, 0.25) is 0 Å². The van der Waals surface area contributed by atoms with E-state index in [4.69, 9.17) is 4.74 Å². The van der Waals surface area contributed by atoms with Crippen LogP contribution in [0.4, 0.5) is 4.39 Å². The van der Waals surface area contributed by atoms with Crippen molar-refractivity contribution in [3.63, 3.8) is 0 Å². The van der Waals surface area contributed by atoms with Gasteiger partial charge in [0.15, 0.2) is 0 Å². The van der Waals surface area contributed by atoms with Crippen LogP contribution in [0.15, 0.2) is 30.6 Å². The molecule has 0 amide bonds. The average molecular weight is 277 g/mol. The fourth-order valence-corrected chi connectivity index (χ4v) is 2.27. The first-order chi connectivity index (χ1) is 9.63. The molecule has 0 aliphatic carbocycles. The number of nitrogens with one attached hydrogen (secondary N) is 1. The summed E-state index contributed by atoms with van der Waals surface area (Å²) in [6.45, 7) is 2.79. The molecule has 1 N–H and O–H groups in total. The van der Waals surface area contributed by atoms with Gasteiger partial charge in [0.25, 0.3) is 0 Å². The van der Waals surface area contributed by atoms with E-state index in [1.165, 1.54) is 13.2 Å². The summed E-state index contributed by atoms with van der Waals surface area (Å²) in [5, 5.41) is 7.47. The second-order valence-corrected chi connectivity index (χ2v) is 4.72. The Morgan fingerprint density at radius 2 is 2.25 bits per heavy atom. The molecule has 1 aromatic heterocycles. The maximum Gasteiger partial charge on any atom is 0.131 e. The minimum Gasteiger partial charge on any atom is -0.497 e. The third-order valence-electron chi connectivity index (χ3n) is 3.23. The third-order valence-corrected chi connectivity index (χ3v) is 3.23. The fourth-order valence-electron chi connectivity index (χ4n) is 2.27. The van der Waals surface area contributed by atoms with Crippen LogP contribution in [0.1, 0.15) is 24.1 Å². The fraction of sp³-hybridized carbons (Fsp3) is 0.400. The van der Waals surface area contributed by atoms with Gasteiger partial charge >= 0.3 is 0 Å². The Morgan fingerprint density at radius 1 is 1.45 bits per heavy atom. The first kappa shape index (κ1) is 14.5. The van der Waals surface area contributed by atoms with Gasteiger partial charge in [-0.05, 0) is 24.6 Å². The monoisotopic (exact) mass is 277 g/mol. The van der Waals surface area contributed by atoms with E-state index < -0.39 is 0 Å². The highest BCUT2D eigenvalue weighted by atomic mass is 19.1. The molecule has 2 rings (SSSR count). The topological polar surface area (TPSA) is 39.1 Å². The number of aryl methyl sites for hydroxylation is 1. The van der Waals surface area contributed by atoms with E-state index in [9.17, 15) is 4.39 Å². The Hall–Kier alpha value is -1.88. The number of ether oxygens (including phenoxy) is 1. The van der Waals surface area contributed by atoms with E-state index in [1.807, 2.05) is 26.4 Å². The quantitative estimate of drug-likeness (QED) is 0.881. The van der Waals surface area contributed by atoms with Gasteiger partial charge in [0.1, 0.15) is 11.6 Å². The molecule has 0 saturated heterocycles.